The van der Waals surface area contributed by atoms with Gasteiger partial charge in [0.2, 0.25) is 0 Å². The van der Waals surface area contributed by atoms with Gasteiger partial charge in [0.1, 0.15) is 23.1 Å². The summed E-state index contributed by atoms with van der Waals surface area (Å²) in [6, 6.07) is 19.8. The summed E-state index contributed by atoms with van der Waals surface area (Å²) < 4.78 is 33.2. The summed E-state index contributed by atoms with van der Waals surface area (Å²) in [6.07, 6.45) is 0. The number of halogens is 1. The van der Waals surface area contributed by atoms with Gasteiger partial charge in [-0.3, -0.25) is 4.72 Å². The summed E-state index contributed by atoms with van der Waals surface area (Å²) in [5.74, 6) is 0.696. The van der Waals surface area contributed by atoms with Crippen LogP contribution in [0.4, 0.5) is 5.69 Å². The van der Waals surface area contributed by atoms with Crippen molar-refractivity contribution in [3.8, 4) is 17.6 Å². The highest BCUT2D eigenvalue weighted by molar-refractivity contribution is 7.92. The minimum absolute atomic E-state index is 0.0991. The first-order valence-corrected chi connectivity index (χ1v) is 9.81. The Morgan fingerprint density at radius 1 is 1.00 bits per heavy atom. The molecule has 3 rings (SSSR count). The third kappa shape index (κ3) is 4.40. The Morgan fingerprint density at radius 3 is 2.30 bits per heavy atom. The lowest BCUT2D eigenvalue weighted by atomic mass is 10.2. The molecule has 3 aromatic rings. The number of nitrogens with one attached hydrogen (secondary N) is 1. The van der Waals surface area contributed by atoms with Gasteiger partial charge >= 0.3 is 0 Å². The number of rotatable bonds is 5. The largest absolute Gasteiger partial charge is 0.456 e. The molecule has 0 unspecified atom stereocenters. The highest BCUT2D eigenvalue weighted by Gasteiger charge is 2.15. The van der Waals surface area contributed by atoms with Crippen LogP contribution < -0.4 is 9.46 Å². The SMILES string of the molecule is Cc1ccc(NS(=O)(=O)c2ccc(Oc3cccc(Cl)c3C#N)cc2)cc1. The minimum Gasteiger partial charge on any atom is -0.456 e. The lowest BCUT2D eigenvalue weighted by Gasteiger charge is -2.11. The monoisotopic (exact) mass is 398 g/mol. The van der Waals surface area contributed by atoms with E-state index in [2.05, 4.69) is 4.72 Å². The maximum Gasteiger partial charge on any atom is 0.261 e. The summed E-state index contributed by atoms with van der Waals surface area (Å²) >= 11 is 5.98. The van der Waals surface area contributed by atoms with Gasteiger partial charge in [0.25, 0.3) is 10.0 Å². The zero-order valence-corrected chi connectivity index (χ0v) is 15.9. The molecule has 0 heterocycles. The van der Waals surface area contributed by atoms with Crippen LogP contribution in [0.2, 0.25) is 5.02 Å². The molecule has 0 radical (unpaired) electrons. The Kier molecular flexibility index (Phi) is 5.36. The van der Waals surface area contributed by atoms with E-state index in [0.29, 0.717) is 17.2 Å². The van der Waals surface area contributed by atoms with Crippen molar-refractivity contribution in [1.29, 1.82) is 5.26 Å². The maximum atomic E-state index is 12.5. The van der Waals surface area contributed by atoms with Crippen molar-refractivity contribution in [1.82, 2.24) is 0 Å². The molecule has 0 aromatic heterocycles. The topological polar surface area (TPSA) is 79.2 Å². The van der Waals surface area contributed by atoms with Crippen molar-refractivity contribution in [3.05, 3.63) is 82.9 Å². The van der Waals surface area contributed by atoms with Crippen LogP contribution in [0.25, 0.3) is 0 Å². The van der Waals surface area contributed by atoms with Crippen molar-refractivity contribution in [2.24, 2.45) is 0 Å². The summed E-state index contributed by atoms with van der Waals surface area (Å²) in [6.45, 7) is 1.93. The van der Waals surface area contributed by atoms with Gasteiger partial charge in [-0.2, -0.15) is 5.26 Å². The highest BCUT2D eigenvalue weighted by Crippen LogP contribution is 2.30. The van der Waals surface area contributed by atoms with E-state index in [1.807, 2.05) is 25.1 Å². The van der Waals surface area contributed by atoms with Gasteiger partial charge in [-0.25, -0.2) is 8.42 Å². The second kappa shape index (κ2) is 7.70. The third-order valence-corrected chi connectivity index (χ3v) is 5.46. The molecule has 0 fully saturated rings. The molecule has 0 aliphatic carbocycles. The van der Waals surface area contributed by atoms with Gasteiger partial charge in [-0.05, 0) is 55.5 Å². The van der Waals surface area contributed by atoms with E-state index >= 15 is 0 Å². The number of hydrogen-bond acceptors (Lipinski definition) is 4. The Morgan fingerprint density at radius 2 is 1.67 bits per heavy atom. The Hall–Kier alpha value is -3.01. The van der Waals surface area contributed by atoms with Crippen LogP contribution in [0, 0.1) is 18.3 Å². The summed E-state index contributed by atoms with van der Waals surface area (Å²) in [7, 11) is -3.71. The third-order valence-electron chi connectivity index (χ3n) is 3.75. The molecule has 0 spiro atoms. The van der Waals surface area contributed by atoms with Crippen LogP contribution in [0.15, 0.2) is 71.6 Å². The van der Waals surface area contributed by atoms with Crippen LogP contribution in [0.3, 0.4) is 0 Å². The molecule has 0 bridgehead atoms. The zero-order chi connectivity index (χ0) is 19.4. The Labute approximate surface area is 162 Å². The number of benzene rings is 3. The molecule has 136 valence electrons. The first-order valence-electron chi connectivity index (χ1n) is 7.95. The molecule has 7 heteroatoms. The number of sulfonamides is 1. The average Bonchev–Trinajstić information content (AvgIpc) is 2.64. The molecule has 0 aliphatic rings. The van der Waals surface area contributed by atoms with E-state index in [-0.39, 0.29) is 15.5 Å². The van der Waals surface area contributed by atoms with E-state index in [1.54, 1.807) is 30.3 Å². The van der Waals surface area contributed by atoms with Crippen LogP contribution >= 0.6 is 11.6 Å². The molecular weight excluding hydrogens is 384 g/mol. The molecule has 27 heavy (non-hydrogen) atoms. The summed E-state index contributed by atoms with van der Waals surface area (Å²) in [5.41, 5.74) is 1.74. The second-order valence-electron chi connectivity index (χ2n) is 5.77. The van der Waals surface area contributed by atoms with Crippen LogP contribution in [-0.2, 0) is 10.0 Å². The van der Waals surface area contributed by atoms with Crippen molar-refractivity contribution in [2.45, 2.75) is 11.8 Å². The first kappa shape index (κ1) is 18.8. The number of nitriles is 1. The van der Waals surface area contributed by atoms with E-state index < -0.39 is 10.0 Å². The van der Waals surface area contributed by atoms with Crippen molar-refractivity contribution in [3.63, 3.8) is 0 Å². The minimum atomic E-state index is -3.71. The highest BCUT2D eigenvalue weighted by atomic mass is 35.5. The van der Waals surface area contributed by atoms with Crippen LogP contribution in [-0.4, -0.2) is 8.42 Å². The van der Waals surface area contributed by atoms with Crippen LogP contribution in [0.1, 0.15) is 11.1 Å². The van der Waals surface area contributed by atoms with E-state index in [0.717, 1.165) is 5.56 Å². The predicted octanol–water partition coefficient (Wildman–Crippen LogP) is 5.11. The summed E-state index contributed by atoms with van der Waals surface area (Å²) in [4.78, 5) is 0.0991. The lowest BCUT2D eigenvalue weighted by molar-refractivity contribution is 0.480. The molecule has 0 amide bonds. The van der Waals surface area contributed by atoms with Crippen LogP contribution in [0.5, 0.6) is 11.5 Å². The van der Waals surface area contributed by atoms with E-state index in [1.165, 1.54) is 24.3 Å². The molecule has 0 aliphatic heterocycles. The fraction of sp³-hybridized carbons (Fsp3) is 0.0500. The molecule has 5 nitrogen and oxygen atoms in total. The van der Waals surface area contributed by atoms with E-state index in [9.17, 15) is 13.7 Å². The smallest absolute Gasteiger partial charge is 0.261 e. The fourth-order valence-corrected chi connectivity index (χ4v) is 3.61. The average molecular weight is 399 g/mol. The Bertz CT molecular complexity index is 1100. The van der Waals surface area contributed by atoms with Gasteiger partial charge in [0.15, 0.2) is 0 Å². The van der Waals surface area contributed by atoms with E-state index in [4.69, 9.17) is 16.3 Å². The van der Waals surface area contributed by atoms with Gasteiger partial charge in [0.05, 0.1) is 9.92 Å². The molecular formula is C20H15ClN2O3S. The number of aryl methyl sites for hydroxylation is 1. The summed E-state index contributed by atoms with van der Waals surface area (Å²) in [5, 5.41) is 9.47. The molecule has 3 aromatic carbocycles. The first-order chi connectivity index (χ1) is 12.9. The van der Waals surface area contributed by atoms with Gasteiger partial charge in [0, 0.05) is 5.69 Å². The van der Waals surface area contributed by atoms with Gasteiger partial charge in [-0.1, -0.05) is 35.4 Å². The maximum absolute atomic E-state index is 12.5. The fourth-order valence-electron chi connectivity index (χ4n) is 2.35. The van der Waals surface area contributed by atoms with Gasteiger partial charge < -0.3 is 4.74 Å². The molecule has 0 atom stereocenters. The second-order valence-corrected chi connectivity index (χ2v) is 7.86. The quantitative estimate of drug-likeness (QED) is 0.647. The van der Waals surface area contributed by atoms with Crippen molar-refractivity contribution >= 4 is 27.3 Å². The lowest BCUT2D eigenvalue weighted by Crippen LogP contribution is -2.12. The zero-order valence-electron chi connectivity index (χ0n) is 14.3. The number of ether oxygens (including phenoxy) is 1. The Balaban J connectivity index is 1.80. The van der Waals surface area contributed by atoms with Crippen molar-refractivity contribution in [2.75, 3.05) is 4.72 Å². The standard InChI is InChI=1S/C20H15ClN2O3S/c1-14-5-7-15(8-6-14)23-27(24,25)17-11-9-16(10-12-17)26-20-4-2-3-19(21)18(20)13-22/h2-12,23H,1H3. The normalized spacial score (nSPS) is 10.9. The van der Waals surface area contributed by atoms with Crippen molar-refractivity contribution < 1.29 is 13.2 Å². The molecule has 0 saturated carbocycles. The predicted molar refractivity (Wildman–Crippen MR) is 105 cm³/mol. The number of nitrogens with zero attached hydrogens (tertiary/aromatic N) is 1. The molecule has 0 saturated heterocycles. The van der Waals surface area contributed by atoms with Gasteiger partial charge in [-0.15, -0.1) is 0 Å². The number of hydrogen-bond donors (Lipinski definition) is 1. The molecule has 1 N–H and O–H groups in total. The number of anilines is 1.